The minimum absolute atomic E-state index is 0.0185. The topological polar surface area (TPSA) is 43.1 Å². The number of carbonyl (C=O) groups excluding carboxylic acids is 1. The van der Waals surface area contributed by atoms with Crippen molar-refractivity contribution in [2.24, 2.45) is 23.0 Å². The number of rotatable bonds is 2. The van der Waals surface area contributed by atoms with E-state index in [9.17, 15) is 4.79 Å². The SMILES string of the molecule is C=C[C@@H]1[C@H](C(N)=O)C1(C)C. The molecule has 1 rings (SSSR count). The quantitative estimate of drug-likeness (QED) is 0.568. The highest BCUT2D eigenvalue weighted by Crippen LogP contribution is 2.58. The van der Waals surface area contributed by atoms with E-state index in [1.807, 2.05) is 19.9 Å². The molecule has 56 valence electrons. The van der Waals surface area contributed by atoms with Crippen molar-refractivity contribution in [2.75, 3.05) is 0 Å². The number of amides is 1. The van der Waals surface area contributed by atoms with Gasteiger partial charge in [0, 0.05) is 0 Å². The van der Waals surface area contributed by atoms with Gasteiger partial charge in [-0.15, -0.1) is 6.58 Å². The molecule has 0 bridgehead atoms. The number of nitrogens with two attached hydrogens (primary N) is 1. The summed E-state index contributed by atoms with van der Waals surface area (Å²) in [7, 11) is 0. The van der Waals surface area contributed by atoms with Crippen molar-refractivity contribution < 1.29 is 4.79 Å². The largest absolute Gasteiger partial charge is 0.369 e. The fraction of sp³-hybridized carbons (Fsp3) is 0.625. The van der Waals surface area contributed by atoms with Gasteiger partial charge < -0.3 is 5.73 Å². The first-order chi connectivity index (χ1) is 4.51. The van der Waals surface area contributed by atoms with Crippen LogP contribution in [-0.4, -0.2) is 5.91 Å². The highest BCUT2D eigenvalue weighted by Gasteiger charge is 2.59. The first-order valence-corrected chi connectivity index (χ1v) is 3.43. The third-order valence-corrected chi connectivity index (χ3v) is 2.47. The van der Waals surface area contributed by atoms with Crippen LogP contribution in [0.3, 0.4) is 0 Å². The van der Waals surface area contributed by atoms with E-state index in [1.165, 1.54) is 0 Å². The molecular formula is C8H13NO. The number of carbonyl (C=O) groups is 1. The minimum Gasteiger partial charge on any atom is -0.369 e. The molecule has 0 aromatic rings. The second kappa shape index (κ2) is 1.84. The Hall–Kier alpha value is -0.790. The van der Waals surface area contributed by atoms with Gasteiger partial charge in [-0.3, -0.25) is 4.79 Å². The Kier molecular flexibility index (Phi) is 1.35. The van der Waals surface area contributed by atoms with Crippen LogP contribution in [0.15, 0.2) is 12.7 Å². The van der Waals surface area contributed by atoms with E-state index in [1.54, 1.807) is 0 Å². The number of hydrogen-bond acceptors (Lipinski definition) is 1. The number of primary amides is 1. The van der Waals surface area contributed by atoms with Crippen LogP contribution < -0.4 is 5.73 Å². The average Bonchev–Trinajstić information content (AvgIpc) is 2.33. The molecule has 0 saturated heterocycles. The molecule has 0 unspecified atom stereocenters. The molecule has 2 N–H and O–H groups in total. The third-order valence-electron chi connectivity index (χ3n) is 2.47. The van der Waals surface area contributed by atoms with Gasteiger partial charge in [0.05, 0.1) is 5.92 Å². The Balaban J connectivity index is 2.70. The summed E-state index contributed by atoms with van der Waals surface area (Å²) in [6, 6.07) is 0. The van der Waals surface area contributed by atoms with Crippen LogP contribution in [0.4, 0.5) is 0 Å². The summed E-state index contributed by atoms with van der Waals surface area (Å²) in [5.41, 5.74) is 5.22. The zero-order valence-electron chi connectivity index (χ0n) is 6.42. The summed E-state index contributed by atoms with van der Waals surface area (Å²) in [6.45, 7) is 7.72. The second-order valence-corrected chi connectivity index (χ2v) is 3.46. The number of allylic oxidation sites excluding steroid dienone is 1. The Morgan fingerprint density at radius 1 is 1.70 bits per heavy atom. The maximum atomic E-state index is 10.7. The molecule has 1 amide bonds. The van der Waals surface area contributed by atoms with Gasteiger partial charge in [-0.2, -0.15) is 0 Å². The van der Waals surface area contributed by atoms with Crippen LogP contribution in [0, 0.1) is 17.3 Å². The minimum atomic E-state index is -0.199. The normalized spacial score (nSPS) is 35.0. The van der Waals surface area contributed by atoms with Crippen LogP contribution in [0.1, 0.15) is 13.8 Å². The fourth-order valence-corrected chi connectivity index (χ4v) is 1.66. The molecule has 0 spiro atoms. The van der Waals surface area contributed by atoms with Gasteiger partial charge in [0.15, 0.2) is 0 Å². The molecule has 2 heteroatoms. The highest BCUT2D eigenvalue weighted by molar-refractivity contribution is 5.81. The van der Waals surface area contributed by atoms with Crippen LogP contribution in [0.25, 0.3) is 0 Å². The van der Waals surface area contributed by atoms with Crippen molar-refractivity contribution in [2.45, 2.75) is 13.8 Å². The third kappa shape index (κ3) is 0.753. The predicted molar refractivity (Wildman–Crippen MR) is 40.2 cm³/mol. The van der Waals surface area contributed by atoms with Crippen LogP contribution in [0.5, 0.6) is 0 Å². The molecule has 2 atom stereocenters. The van der Waals surface area contributed by atoms with Gasteiger partial charge >= 0.3 is 0 Å². The number of hydrogen-bond donors (Lipinski definition) is 1. The Morgan fingerprint density at radius 2 is 2.20 bits per heavy atom. The lowest BCUT2D eigenvalue weighted by Gasteiger charge is -1.96. The Labute approximate surface area is 61.1 Å². The molecule has 0 aliphatic heterocycles. The molecule has 0 aromatic carbocycles. The van der Waals surface area contributed by atoms with Gasteiger partial charge in [0.25, 0.3) is 0 Å². The summed E-state index contributed by atoms with van der Waals surface area (Å²) in [6.07, 6.45) is 1.81. The lowest BCUT2D eigenvalue weighted by molar-refractivity contribution is -0.119. The molecule has 1 fully saturated rings. The van der Waals surface area contributed by atoms with Gasteiger partial charge in [-0.1, -0.05) is 19.9 Å². The predicted octanol–water partition coefficient (Wildman–Crippen LogP) is 0.930. The molecule has 1 aliphatic rings. The maximum absolute atomic E-state index is 10.7. The van der Waals surface area contributed by atoms with Gasteiger partial charge in [-0.25, -0.2) is 0 Å². The van der Waals surface area contributed by atoms with Crippen molar-refractivity contribution in [3.8, 4) is 0 Å². The van der Waals surface area contributed by atoms with E-state index in [0.29, 0.717) is 5.92 Å². The lowest BCUT2D eigenvalue weighted by Crippen LogP contribution is -2.16. The van der Waals surface area contributed by atoms with Crippen LogP contribution >= 0.6 is 0 Å². The maximum Gasteiger partial charge on any atom is 0.221 e. The van der Waals surface area contributed by atoms with Crippen LogP contribution in [-0.2, 0) is 4.79 Å². The van der Waals surface area contributed by atoms with Crippen molar-refractivity contribution in [3.63, 3.8) is 0 Å². The monoisotopic (exact) mass is 139 g/mol. The summed E-state index contributed by atoms with van der Waals surface area (Å²) in [4.78, 5) is 10.7. The van der Waals surface area contributed by atoms with E-state index in [2.05, 4.69) is 6.58 Å². The van der Waals surface area contributed by atoms with Crippen LogP contribution in [0.2, 0.25) is 0 Å². The standard InChI is InChI=1S/C8H13NO/c1-4-5-6(7(9)10)8(5,2)3/h4-6H,1H2,2-3H3,(H2,9,10)/t5-,6-/m1/s1. The molecule has 0 aromatic heterocycles. The first kappa shape index (κ1) is 7.32. The van der Waals surface area contributed by atoms with E-state index < -0.39 is 0 Å². The lowest BCUT2D eigenvalue weighted by atomic mass is 10.1. The molecule has 10 heavy (non-hydrogen) atoms. The summed E-state index contributed by atoms with van der Waals surface area (Å²) in [5.74, 6) is 0.116. The van der Waals surface area contributed by atoms with Gasteiger partial charge in [-0.05, 0) is 11.3 Å². The Bertz CT molecular complexity index is 184. The Morgan fingerprint density at radius 3 is 2.30 bits per heavy atom. The zero-order valence-corrected chi connectivity index (χ0v) is 6.42. The van der Waals surface area contributed by atoms with Gasteiger partial charge in [0.1, 0.15) is 0 Å². The molecule has 0 heterocycles. The molecule has 0 radical (unpaired) electrons. The summed E-state index contributed by atoms with van der Waals surface area (Å²) < 4.78 is 0. The molecule has 2 nitrogen and oxygen atoms in total. The van der Waals surface area contributed by atoms with E-state index in [-0.39, 0.29) is 17.2 Å². The van der Waals surface area contributed by atoms with Gasteiger partial charge in [0.2, 0.25) is 5.91 Å². The van der Waals surface area contributed by atoms with E-state index >= 15 is 0 Å². The smallest absolute Gasteiger partial charge is 0.221 e. The molecule has 1 saturated carbocycles. The van der Waals surface area contributed by atoms with Crippen molar-refractivity contribution >= 4 is 5.91 Å². The van der Waals surface area contributed by atoms with Crippen molar-refractivity contribution in [3.05, 3.63) is 12.7 Å². The average molecular weight is 139 g/mol. The summed E-state index contributed by atoms with van der Waals surface area (Å²) >= 11 is 0. The van der Waals surface area contributed by atoms with E-state index in [4.69, 9.17) is 5.73 Å². The zero-order chi connectivity index (χ0) is 7.94. The van der Waals surface area contributed by atoms with Crippen molar-refractivity contribution in [1.82, 2.24) is 0 Å². The molecule has 1 aliphatic carbocycles. The fourth-order valence-electron chi connectivity index (χ4n) is 1.66. The van der Waals surface area contributed by atoms with E-state index in [0.717, 1.165) is 0 Å². The summed E-state index contributed by atoms with van der Waals surface area (Å²) in [5, 5.41) is 0. The second-order valence-electron chi connectivity index (χ2n) is 3.46. The molecular weight excluding hydrogens is 126 g/mol. The highest BCUT2D eigenvalue weighted by atomic mass is 16.1. The first-order valence-electron chi connectivity index (χ1n) is 3.43. The van der Waals surface area contributed by atoms with Crippen molar-refractivity contribution in [1.29, 1.82) is 0 Å².